The molecule has 156 valence electrons. The highest BCUT2D eigenvalue weighted by Crippen LogP contribution is 2.36. The molecule has 2 aromatic carbocycles. The number of benzene rings is 2. The van der Waals surface area contributed by atoms with E-state index in [0.717, 1.165) is 16.7 Å². The largest absolute Gasteiger partial charge is 0.489 e. The van der Waals surface area contributed by atoms with Crippen molar-refractivity contribution in [3.63, 3.8) is 0 Å². The van der Waals surface area contributed by atoms with Crippen molar-refractivity contribution in [3.05, 3.63) is 60.2 Å². The highest BCUT2D eigenvalue weighted by molar-refractivity contribution is 7.65. The van der Waals surface area contributed by atoms with Crippen LogP contribution in [0, 0.1) is 0 Å². The van der Waals surface area contributed by atoms with Crippen molar-refractivity contribution in [3.8, 4) is 16.9 Å². The van der Waals surface area contributed by atoms with E-state index in [1.807, 2.05) is 55.5 Å². The van der Waals surface area contributed by atoms with E-state index in [-0.39, 0.29) is 6.10 Å². The standard InChI is InChI=1S/C21H23Cl3O4Si/c1-15(26-2)13-21(29(22,23)24)28-19-14-16(10-12-20(25)27-3)9-11-18(19)17-7-5-4-6-8-17/h4-12,14-15,21H,13H2,1-3H3/b12-10+. The summed E-state index contributed by atoms with van der Waals surface area (Å²) in [7, 11) is 2.93. The average Bonchev–Trinajstić information content (AvgIpc) is 2.71. The van der Waals surface area contributed by atoms with E-state index >= 15 is 0 Å². The molecule has 0 aliphatic heterocycles. The zero-order valence-corrected chi connectivity index (χ0v) is 19.7. The number of hydrogen-bond acceptors (Lipinski definition) is 4. The van der Waals surface area contributed by atoms with E-state index in [4.69, 9.17) is 42.7 Å². The summed E-state index contributed by atoms with van der Waals surface area (Å²) in [5.41, 5.74) is 1.98. The Balaban J connectivity index is 2.46. The molecule has 0 aromatic heterocycles. The Bertz CT molecular complexity index is 838. The van der Waals surface area contributed by atoms with E-state index in [1.54, 1.807) is 13.2 Å². The molecule has 0 aliphatic rings. The number of esters is 1. The van der Waals surface area contributed by atoms with Gasteiger partial charge in [-0.15, -0.1) is 33.2 Å². The van der Waals surface area contributed by atoms with Crippen molar-refractivity contribution in [2.45, 2.75) is 25.2 Å². The summed E-state index contributed by atoms with van der Waals surface area (Å²) in [6, 6.07) is 12.2. The second kappa shape index (κ2) is 11.0. The highest BCUT2D eigenvalue weighted by Gasteiger charge is 2.40. The predicted molar refractivity (Wildman–Crippen MR) is 122 cm³/mol. The Hall–Kier alpha value is -1.50. The third-order valence-corrected chi connectivity index (χ3v) is 7.56. The first-order valence-electron chi connectivity index (χ1n) is 8.96. The fourth-order valence-electron chi connectivity index (χ4n) is 2.63. The van der Waals surface area contributed by atoms with Crippen molar-refractivity contribution >= 4 is 51.3 Å². The molecule has 0 saturated heterocycles. The highest BCUT2D eigenvalue weighted by atomic mass is 35.8. The molecule has 2 aromatic rings. The number of carbonyl (C=O) groups is 1. The first-order valence-corrected chi connectivity index (χ1v) is 14.1. The lowest BCUT2D eigenvalue weighted by molar-refractivity contribution is -0.134. The summed E-state index contributed by atoms with van der Waals surface area (Å²) in [6.45, 7) is 1.90. The van der Waals surface area contributed by atoms with E-state index < -0.39 is 17.7 Å². The van der Waals surface area contributed by atoms with Crippen LogP contribution >= 0.6 is 33.2 Å². The summed E-state index contributed by atoms with van der Waals surface area (Å²) in [5, 5.41) is 0. The van der Waals surface area contributed by atoms with Gasteiger partial charge >= 0.3 is 12.0 Å². The molecule has 2 atom stereocenters. The number of hydrogen-bond donors (Lipinski definition) is 0. The fourth-order valence-corrected chi connectivity index (χ4v) is 4.69. The molecule has 0 spiro atoms. The molecular weight excluding hydrogens is 451 g/mol. The monoisotopic (exact) mass is 472 g/mol. The fraction of sp³-hybridized carbons (Fsp3) is 0.286. The number of ether oxygens (including phenoxy) is 3. The van der Waals surface area contributed by atoms with Gasteiger partial charge in [-0.3, -0.25) is 0 Å². The molecular formula is C21H23Cl3O4Si. The van der Waals surface area contributed by atoms with Crippen molar-refractivity contribution in [1.82, 2.24) is 0 Å². The van der Waals surface area contributed by atoms with E-state index in [0.29, 0.717) is 12.2 Å². The van der Waals surface area contributed by atoms with Crippen LogP contribution in [0.25, 0.3) is 17.2 Å². The molecule has 29 heavy (non-hydrogen) atoms. The Morgan fingerprint density at radius 2 is 1.79 bits per heavy atom. The second-order valence-electron chi connectivity index (χ2n) is 6.41. The quantitative estimate of drug-likeness (QED) is 0.197. The molecule has 2 unspecified atom stereocenters. The first-order chi connectivity index (χ1) is 13.7. The number of methoxy groups -OCH3 is 2. The van der Waals surface area contributed by atoms with Crippen LogP contribution in [-0.4, -0.2) is 38.0 Å². The Labute approximate surface area is 186 Å². The number of halogens is 3. The summed E-state index contributed by atoms with van der Waals surface area (Å²) >= 11 is 19.0. The molecule has 0 fully saturated rings. The average molecular weight is 474 g/mol. The van der Waals surface area contributed by atoms with Gasteiger partial charge in [0, 0.05) is 25.2 Å². The minimum atomic E-state index is -3.21. The third-order valence-electron chi connectivity index (χ3n) is 4.29. The lowest BCUT2D eigenvalue weighted by atomic mass is 10.0. The molecule has 0 N–H and O–H groups in total. The molecule has 0 amide bonds. The second-order valence-corrected chi connectivity index (χ2v) is 15.2. The van der Waals surface area contributed by atoms with Crippen LogP contribution in [-0.2, 0) is 14.3 Å². The van der Waals surface area contributed by atoms with Gasteiger partial charge in [0.2, 0.25) is 0 Å². The molecule has 0 heterocycles. The third kappa shape index (κ3) is 7.35. The van der Waals surface area contributed by atoms with Gasteiger partial charge in [-0.2, -0.15) is 0 Å². The maximum Gasteiger partial charge on any atom is 0.381 e. The first kappa shape index (κ1) is 23.8. The van der Waals surface area contributed by atoms with Crippen LogP contribution < -0.4 is 4.74 Å². The van der Waals surface area contributed by atoms with Crippen molar-refractivity contribution in [1.29, 1.82) is 0 Å². The van der Waals surface area contributed by atoms with E-state index in [9.17, 15) is 4.79 Å². The molecule has 0 bridgehead atoms. The van der Waals surface area contributed by atoms with Gasteiger partial charge in [0.15, 0.2) is 0 Å². The Morgan fingerprint density at radius 3 is 2.38 bits per heavy atom. The summed E-state index contributed by atoms with van der Waals surface area (Å²) < 4.78 is 16.2. The normalized spacial score (nSPS) is 13.9. The molecule has 8 heteroatoms. The van der Waals surface area contributed by atoms with Crippen LogP contribution in [0.1, 0.15) is 18.9 Å². The van der Waals surface area contributed by atoms with Crippen molar-refractivity contribution in [2.75, 3.05) is 14.2 Å². The van der Waals surface area contributed by atoms with Gasteiger partial charge in [-0.25, -0.2) is 4.79 Å². The van der Waals surface area contributed by atoms with Crippen LogP contribution in [0.4, 0.5) is 0 Å². The van der Waals surface area contributed by atoms with Gasteiger partial charge < -0.3 is 14.2 Å². The van der Waals surface area contributed by atoms with E-state index in [1.165, 1.54) is 13.2 Å². The summed E-state index contributed by atoms with van der Waals surface area (Å²) in [5.74, 6) is 0.121. The van der Waals surface area contributed by atoms with Crippen LogP contribution in [0.15, 0.2) is 54.6 Å². The van der Waals surface area contributed by atoms with Crippen LogP contribution in [0.2, 0.25) is 0 Å². The van der Waals surface area contributed by atoms with Gasteiger partial charge in [-0.05, 0) is 30.2 Å². The Morgan fingerprint density at radius 1 is 1.10 bits per heavy atom. The van der Waals surface area contributed by atoms with Crippen molar-refractivity contribution in [2.24, 2.45) is 0 Å². The topological polar surface area (TPSA) is 44.8 Å². The SMILES string of the molecule is COC(=O)/C=C/c1ccc(-c2ccccc2)c(OC(CC(C)OC)[Si](Cl)(Cl)Cl)c1. The smallest absolute Gasteiger partial charge is 0.381 e. The lowest BCUT2D eigenvalue weighted by Crippen LogP contribution is -2.39. The minimum Gasteiger partial charge on any atom is -0.489 e. The predicted octanol–water partition coefficient (Wildman–Crippen LogP) is 5.91. The number of rotatable bonds is 9. The Kier molecular flexibility index (Phi) is 9.05. The zero-order chi connectivity index (χ0) is 21.4. The molecule has 0 radical (unpaired) electrons. The molecule has 0 aliphatic carbocycles. The summed E-state index contributed by atoms with van der Waals surface area (Å²) in [6.07, 6.45) is 3.30. The number of carbonyl (C=O) groups excluding carboxylic acids is 1. The van der Waals surface area contributed by atoms with Gasteiger partial charge in [0.05, 0.1) is 13.2 Å². The zero-order valence-electron chi connectivity index (χ0n) is 16.4. The lowest BCUT2D eigenvalue weighted by Gasteiger charge is -2.27. The van der Waals surface area contributed by atoms with Crippen LogP contribution in [0.5, 0.6) is 5.75 Å². The van der Waals surface area contributed by atoms with E-state index in [2.05, 4.69) is 4.74 Å². The van der Waals surface area contributed by atoms with Gasteiger partial charge in [0.1, 0.15) is 11.5 Å². The molecule has 0 saturated carbocycles. The summed E-state index contributed by atoms with van der Waals surface area (Å²) in [4.78, 5) is 11.4. The molecule has 2 rings (SSSR count). The van der Waals surface area contributed by atoms with Crippen molar-refractivity contribution < 1.29 is 19.0 Å². The molecule has 4 nitrogen and oxygen atoms in total. The van der Waals surface area contributed by atoms with Crippen LogP contribution in [0.3, 0.4) is 0 Å². The van der Waals surface area contributed by atoms with Gasteiger partial charge in [0.25, 0.3) is 0 Å². The van der Waals surface area contributed by atoms with Gasteiger partial charge in [-0.1, -0.05) is 42.5 Å². The maximum atomic E-state index is 11.4. The minimum absolute atomic E-state index is 0.134. The maximum absolute atomic E-state index is 11.4.